The molecule has 0 aromatic carbocycles. The normalized spacial score (nSPS) is 29.4. The van der Waals surface area contributed by atoms with Crippen molar-refractivity contribution in [3.8, 4) is 0 Å². The number of rotatable bonds is 0. The molecule has 1 saturated heterocycles. The van der Waals surface area contributed by atoms with E-state index in [1.807, 2.05) is 20.8 Å². The molecule has 4 nitrogen and oxygen atoms in total. The Hall–Kier alpha value is -1.06. The van der Waals surface area contributed by atoms with Crippen LogP contribution in [0, 0.1) is 5.92 Å². The van der Waals surface area contributed by atoms with Crippen molar-refractivity contribution in [2.45, 2.75) is 51.7 Å². The second-order valence-electron chi connectivity index (χ2n) is 5.66. The largest absolute Gasteiger partial charge is 0.444 e. The van der Waals surface area contributed by atoms with Gasteiger partial charge in [0.05, 0.1) is 6.04 Å². The van der Waals surface area contributed by atoms with Gasteiger partial charge in [0.1, 0.15) is 11.4 Å². The zero-order valence-electron chi connectivity index (χ0n) is 10.2. The van der Waals surface area contributed by atoms with E-state index in [-0.39, 0.29) is 18.1 Å². The maximum absolute atomic E-state index is 11.9. The summed E-state index contributed by atoms with van der Waals surface area (Å²) in [6.45, 7) is 6.30. The number of carbonyl (C=O) groups excluding carboxylic acids is 2. The predicted molar refractivity (Wildman–Crippen MR) is 59.1 cm³/mol. The van der Waals surface area contributed by atoms with Crippen molar-refractivity contribution in [1.29, 1.82) is 0 Å². The highest BCUT2D eigenvalue weighted by Gasteiger charge is 2.47. The van der Waals surface area contributed by atoms with Crippen LogP contribution in [0.4, 0.5) is 4.79 Å². The molecule has 2 atom stereocenters. The highest BCUT2D eigenvalue weighted by Crippen LogP contribution is 2.36. The third-order valence-electron chi connectivity index (χ3n) is 3.23. The van der Waals surface area contributed by atoms with Crippen molar-refractivity contribution < 1.29 is 14.3 Å². The highest BCUT2D eigenvalue weighted by molar-refractivity contribution is 5.90. The van der Waals surface area contributed by atoms with Crippen molar-refractivity contribution in [3.63, 3.8) is 0 Å². The van der Waals surface area contributed by atoms with Gasteiger partial charge in [-0.15, -0.1) is 0 Å². The molecule has 4 heteroatoms. The Morgan fingerprint density at radius 2 is 2.12 bits per heavy atom. The first-order chi connectivity index (χ1) is 7.38. The third-order valence-corrected chi connectivity index (χ3v) is 3.23. The number of ether oxygens (including phenoxy) is 1. The van der Waals surface area contributed by atoms with Crippen molar-refractivity contribution >= 4 is 11.9 Å². The quantitative estimate of drug-likeness (QED) is 0.633. The molecule has 0 N–H and O–H groups in total. The lowest BCUT2D eigenvalue weighted by atomic mass is 9.72. The van der Waals surface area contributed by atoms with Crippen LogP contribution in [0.15, 0.2) is 0 Å². The van der Waals surface area contributed by atoms with E-state index < -0.39 is 5.60 Å². The number of carbonyl (C=O) groups is 2. The Labute approximate surface area is 95.9 Å². The molecule has 0 radical (unpaired) electrons. The van der Waals surface area contributed by atoms with Crippen molar-refractivity contribution in [1.82, 2.24) is 4.90 Å². The van der Waals surface area contributed by atoms with E-state index in [1.54, 1.807) is 4.90 Å². The number of nitrogens with zero attached hydrogens (tertiary/aromatic N) is 1. The number of piperidine rings is 1. The molecule has 16 heavy (non-hydrogen) atoms. The van der Waals surface area contributed by atoms with Crippen molar-refractivity contribution in [2.75, 3.05) is 6.54 Å². The van der Waals surface area contributed by atoms with Crippen LogP contribution in [0.3, 0.4) is 0 Å². The summed E-state index contributed by atoms with van der Waals surface area (Å²) in [4.78, 5) is 25.0. The van der Waals surface area contributed by atoms with Crippen LogP contribution < -0.4 is 0 Å². The summed E-state index contributed by atoms with van der Waals surface area (Å²) in [7, 11) is 0. The van der Waals surface area contributed by atoms with Gasteiger partial charge in [-0.3, -0.25) is 4.79 Å². The molecule has 2 fully saturated rings. The lowest BCUT2D eigenvalue weighted by Crippen LogP contribution is -2.59. The van der Waals surface area contributed by atoms with E-state index in [9.17, 15) is 9.59 Å². The molecule has 2 unspecified atom stereocenters. The molecule has 0 aromatic heterocycles. The van der Waals surface area contributed by atoms with Crippen LogP contribution in [0.2, 0.25) is 0 Å². The fourth-order valence-corrected chi connectivity index (χ4v) is 2.43. The van der Waals surface area contributed by atoms with E-state index in [2.05, 4.69) is 0 Å². The molecular formula is C12H19NO3. The molecule has 0 bridgehead atoms. The Kier molecular flexibility index (Phi) is 2.68. The minimum atomic E-state index is -0.461. The zero-order chi connectivity index (χ0) is 11.9. The fraction of sp³-hybridized carbons (Fsp3) is 0.833. The first kappa shape index (κ1) is 11.4. The molecule has 2 aliphatic rings. The maximum Gasteiger partial charge on any atom is 0.410 e. The lowest BCUT2D eigenvalue weighted by molar-refractivity contribution is -0.138. The first-order valence-corrected chi connectivity index (χ1v) is 5.91. The standard InChI is InChI=1S/C12H19NO3/c1-12(2,3)16-11(15)13-6-4-5-8-9(13)7-10(8)14/h8-9H,4-7H2,1-3H3. The SMILES string of the molecule is CC(C)(C)OC(=O)N1CCCC2C(=O)CC21. The summed E-state index contributed by atoms with van der Waals surface area (Å²) in [5.74, 6) is 0.388. The van der Waals surface area contributed by atoms with Crippen LogP contribution in [-0.2, 0) is 9.53 Å². The van der Waals surface area contributed by atoms with Crippen molar-refractivity contribution in [2.24, 2.45) is 5.92 Å². The summed E-state index contributed by atoms with van der Waals surface area (Å²) >= 11 is 0. The summed E-state index contributed by atoms with van der Waals surface area (Å²) in [6, 6.07) is 0.107. The number of ketones is 1. The summed E-state index contributed by atoms with van der Waals surface area (Å²) in [5, 5.41) is 0. The molecule has 2 rings (SSSR count). The fourth-order valence-electron chi connectivity index (χ4n) is 2.43. The second-order valence-corrected chi connectivity index (χ2v) is 5.66. The maximum atomic E-state index is 11.9. The molecule has 1 heterocycles. The van der Waals surface area contributed by atoms with Crippen molar-refractivity contribution in [3.05, 3.63) is 0 Å². The van der Waals surface area contributed by atoms with Gasteiger partial charge in [-0.1, -0.05) is 0 Å². The first-order valence-electron chi connectivity index (χ1n) is 5.91. The predicted octanol–water partition coefficient (Wildman–Crippen LogP) is 1.97. The molecule has 0 aromatic rings. The topological polar surface area (TPSA) is 46.6 Å². The van der Waals surface area contributed by atoms with E-state index in [0.29, 0.717) is 12.2 Å². The molecule has 0 spiro atoms. The number of Topliss-reactive ketones (excluding diaryl/α,β-unsaturated/α-hetero) is 1. The smallest absolute Gasteiger partial charge is 0.410 e. The van der Waals surface area contributed by atoms with Gasteiger partial charge in [0.25, 0.3) is 0 Å². The van der Waals surface area contributed by atoms with Gasteiger partial charge in [-0.25, -0.2) is 4.79 Å². The summed E-state index contributed by atoms with van der Waals surface area (Å²) < 4.78 is 5.34. The average molecular weight is 225 g/mol. The van der Waals surface area contributed by atoms with Gasteiger partial charge in [-0.05, 0) is 33.6 Å². The van der Waals surface area contributed by atoms with Crippen LogP contribution >= 0.6 is 0 Å². The molecule has 1 aliphatic heterocycles. The number of fused-ring (bicyclic) bond motifs is 1. The summed E-state index contributed by atoms with van der Waals surface area (Å²) in [6.07, 6.45) is 2.09. The molecule has 90 valence electrons. The van der Waals surface area contributed by atoms with Gasteiger partial charge in [-0.2, -0.15) is 0 Å². The average Bonchev–Trinajstić information content (AvgIpc) is 2.13. The Balaban J connectivity index is 1.99. The molecule has 1 amide bonds. The van der Waals surface area contributed by atoms with Crippen LogP contribution in [0.1, 0.15) is 40.0 Å². The van der Waals surface area contributed by atoms with Gasteiger partial charge < -0.3 is 9.64 Å². The van der Waals surface area contributed by atoms with E-state index in [1.165, 1.54) is 0 Å². The van der Waals surface area contributed by atoms with E-state index in [4.69, 9.17) is 4.74 Å². The molecular weight excluding hydrogens is 206 g/mol. The van der Waals surface area contributed by atoms with Gasteiger partial charge >= 0.3 is 6.09 Å². The lowest BCUT2D eigenvalue weighted by Gasteiger charge is -2.46. The zero-order valence-corrected chi connectivity index (χ0v) is 10.2. The van der Waals surface area contributed by atoms with E-state index in [0.717, 1.165) is 19.4 Å². The number of amides is 1. The minimum Gasteiger partial charge on any atom is -0.444 e. The van der Waals surface area contributed by atoms with Crippen LogP contribution in [-0.4, -0.2) is 35.0 Å². The van der Waals surface area contributed by atoms with Crippen LogP contribution in [0.25, 0.3) is 0 Å². The number of likely N-dealkylation sites (tertiary alicyclic amines) is 1. The summed E-state index contributed by atoms with van der Waals surface area (Å²) in [5.41, 5.74) is -0.461. The monoisotopic (exact) mass is 225 g/mol. The Morgan fingerprint density at radius 1 is 1.44 bits per heavy atom. The number of hydrogen-bond donors (Lipinski definition) is 0. The van der Waals surface area contributed by atoms with E-state index >= 15 is 0 Å². The Bertz CT molecular complexity index is 319. The minimum absolute atomic E-state index is 0.0845. The molecule has 1 aliphatic carbocycles. The molecule has 1 saturated carbocycles. The van der Waals surface area contributed by atoms with Gasteiger partial charge in [0.2, 0.25) is 0 Å². The highest BCUT2D eigenvalue weighted by atomic mass is 16.6. The van der Waals surface area contributed by atoms with Gasteiger partial charge in [0.15, 0.2) is 0 Å². The van der Waals surface area contributed by atoms with Gasteiger partial charge in [0, 0.05) is 18.9 Å². The Morgan fingerprint density at radius 3 is 2.69 bits per heavy atom. The number of hydrogen-bond acceptors (Lipinski definition) is 3. The third kappa shape index (κ3) is 2.06. The second kappa shape index (κ2) is 3.75. The van der Waals surface area contributed by atoms with Crippen LogP contribution in [0.5, 0.6) is 0 Å².